The molecule has 0 aromatic heterocycles. The smallest absolute Gasteiger partial charge is 0.0812 e. The molecule has 52 valence electrons. The predicted molar refractivity (Wildman–Crippen MR) is 36.3 cm³/mol. The van der Waals surface area contributed by atoms with Crippen molar-refractivity contribution in [3.05, 3.63) is 0 Å². The summed E-state index contributed by atoms with van der Waals surface area (Å²) in [5.74, 6) is 1.03. The molecule has 9 heavy (non-hydrogen) atoms. The van der Waals surface area contributed by atoms with Crippen LogP contribution in [0.3, 0.4) is 0 Å². The lowest BCUT2D eigenvalue weighted by atomic mass is 10.0. The minimum Gasteiger partial charge on any atom is -0.373 e. The fourth-order valence-corrected chi connectivity index (χ4v) is 1.82. The second-order valence-corrected chi connectivity index (χ2v) is 3.34. The van der Waals surface area contributed by atoms with E-state index in [0.717, 1.165) is 12.5 Å². The van der Waals surface area contributed by atoms with Crippen LogP contribution in [0.1, 0.15) is 32.1 Å². The van der Waals surface area contributed by atoms with E-state index in [9.17, 15) is 0 Å². The minimum atomic E-state index is 0.674. The molecule has 1 aliphatic carbocycles. The van der Waals surface area contributed by atoms with Gasteiger partial charge >= 0.3 is 0 Å². The van der Waals surface area contributed by atoms with Gasteiger partial charge < -0.3 is 4.74 Å². The molecule has 2 aliphatic rings. The zero-order chi connectivity index (χ0) is 6.10. The third kappa shape index (κ3) is 1.45. The Hall–Kier alpha value is -0.0400. The van der Waals surface area contributed by atoms with Crippen LogP contribution >= 0.6 is 0 Å². The van der Waals surface area contributed by atoms with Gasteiger partial charge in [-0.2, -0.15) is 0 Å². The fraction of sp³-hybridized carbons (Fsp3) is 1.00. The standard InChI is InChI=1S/C8H14O/c1-2-4-7(3-1)5-8-6-9-8/h7-8H,1-6H2/t8-/m0/s1. The van der Waals surface area contributed by atoms with Crippen molar-refractivity contribution >= 4 is 0 Å². The lowest BCUT2D eigenvalue weighted by molar-refractivity contribution is 0.354. The van der Waals surface area contributed by atoms with Gasteiger partial charge in [-0.3, -0.25) is 0 Å². The van der Waals surface area contributed by atoms with Gasteiger partial charge in [0.15, 0.2) is 0 Å². The second kappa shape index (κ2) is 2.30. The van der Waals surface area contributed by atoms with E-state index in [1.165, 1.54) is 32.1 Å². The Morgan fingerprint density at radius 3 is 2.44 bits per heavy atom. The van der Waals surface area contributed by atoms with Crippen molar-refractivity contribution in [2.75, 3.05) is 6.61 Å². The van der Waals surface area contributed by atoms with Gasteiger partial charge in [-0.15, -0.1) is 0 Å². The molecule has 0 spiro atoms. The largest absolute Gasteiger partial charge is 0.373 e. The van der Waals surface area contributed by atoms with Crippen molar-refractivity contribution in [3.8, 4) is 0 Å². The SMILES string of the molecule is C1CCC(C[C@H]2CO2)C1. The fourth-order valence-electron chi connectivity index (χ4n) is 1.82. The van der Waals surface area contributed by atoms with Crippen LogP contribution < -0.4 is 0 Å². The molecule has 1 nitrogen and oxygen atoms in total. The molecule has 1 atom stereocenters. The van der Waals surface area contributed by atoms with Gasteiger partial charge in [0.25, 0.3) is 0 Å². The second-order valence-electron chi connectivity index (χ2n) is 3.34. The molecule has 0 aromatic carbocycles. The van der Waals surface area contributed by atoms with Crippen molar-refractivity contribution in [1.29, 1.82) is 0 Å². The maximum Gasteiger partial charge on any atom is 0.0812 e. The third-order valence-corrected chi connectivity index (χ3v) is 2.47. The molecular weight excluding hydrogens is 112 g/mol. The Labute approximate surface area is 56.4 Å². The van der Waals surface area contributed by atoms with Crippen molar-refractivity contribution < 1.29 is 4.74 Å². The predicted octanol–water partition coefficient (Wildman–Crippen LogP) is 1.97. The Balaban J connectivity index is 1.70. The monoisotopic (exact) mass is 126 g/mol. The first kappa shape index (κ1) is 5.72. The van der Waals surface area contributed by atoms with Crippen molar-refractivity contribution in [2.24, 2.45) is 5.92 Å². The lowest BCUT2D eigenvalue weighted by Crippen LogP contribution is -1.97. The first-order chi connectivity index (χ1) is 4.45. The van der Waals surface area contributed by atoms with Gasteiger partial charge in [0, 0.05) is 0 Å². The highest BCUT2D eigenvalue weighted by atomic mass is 16.6. The Morgan fingerprint density at radius 1 is 1.22 bits per heavy atom. The highest BCUT2D eigenvalue weighted by Gasteiger charge is 2.27. The number of ether oxygens (including phenoxy) is 1. The molecule has 0 aromatic rings. The summed E-state index contributed by atoms with van der Waals surface area (Å²) in [5.41, 5.74) is 0. The topological polar surface area (TPSA) is 12.5 Å². The van der Waals surface area contributed by atoms with Gasteiger partial charge in [0.05, 0.1) is 12.7 Å². The molecule has 2 fully saturated rings. The quantitative estimate of drug-likeness (QED) is 0.515. The summed E-state index contributed by atoms with van der Waals surface area (Å²) in [5, 5.41) is 0. The molecule has 0 N–H and O–H groups in total. The number of hydrogen-bond donors (Lipinski definition) is 0. The van der Waals surface area contributed by atoms with Gasteiger partial charge in [-0.25, -0.2) is 0 Å². The zero-order valence-electron chi connectivity index (χ0n) is 5.81. The molecule has 1 saturated carbocycles. The van der Waals surface area contributed by atoms with Crippen molar-refractivity contribution in [2.45, 2.75) is 38.2 Å². The molecule has 1 aliphatic heterocycles. The highest BCUT2D eigenvalue weighted by Crippen LogP contribution is 2.32. The number of hydrogen-bond acceptors (Lipinski definition) is 1. The average molecular weight is 126 g/mol. The molecule has 0 unspecified atom stereocenters. The van der Waals surface area contributed by atoms with Crippen LogP contribution in [0.5, 0.6) is 0 Å². The molecule has 1 saturated heterocycles. The van der Waals surface area contributed by atoms with Gasteiger partial charge in [0.2, 0.25) is 0 Å². The Kier molecular flexibility index (Phi) is 1.46. The molecule has 2 rings (SSSR count). The van der Waals surface area contributed by atoms with E-state index in [-0.39, 0.29) is 0 Å². The summed E-state index contributed by atoms with van der Waals surface area (Å²) in [4.78, 5) is 0. The maximum atomic E-state index is 5.17. The summed E-state index contributed by atoms with van der Waals surface area (Å²) < 4.78 is 5.17. The van der Waals surface area contributed by atoms with Crippen LogP contribution in [-0.4, -0.2) is 12.7 Å². The summed E-state index contributed by atoms with van der Waals surface area (Å²) in [6.07, 6.45) is 7.92. The van der Waals surface area contributed by atoms with Gasteiger partial charge in [0.1, 0.15) is 0 Å². The normalized spacial score (nSPS) is 35.3. The highest BCUT2D eigenvalue weighted by molar-refractivity contribution is 4.77. The van der Waals surface area contributed by atoms with Crippen molar-refractivity contribution in [1.82, 2.24) is 0 Å². The lowest BCUT2D eigenvalue weighted by Gasteiger charge is -2.03. The van der Waals surface area contributed by atoms with E-state index in [1.807, 2.05) is 0 Å². The van der Waals surface area contributed by atoms with E-state index in [1.54, 1.807) is 0 Å². The zero-order valence-corrected chi connectivity index (χ0v) is 5.81. The Morgan fingerprint density at radius 2 is 1.89 bits per heavy atom. The molecule has 1 heterocycles. The average Bonchev–Trinajstić information content (AvgIpc) is 2.46. The van der Waals surface area contributed by atoms with Crippen LogP contribution in [0.15, 0.2) is 0 Å². The minimum absolute atomic E-state index is 0.674. The molecule has 0 bridgehead atoms. The van der Waals surface area contributed by atoms with Gasteiger partial charge in [-0.1, -0.05) is 25.7 Å². The van der Waals surface area contributed by atoms with Crippen LogP contribution in [-0.2, 0) is 4.74 Å². The van der Waals surface area contributed by atoms with E-state index in [0.29, 0.717) is 6.10 Å². The van der Waals surface area contributed by atoms with E-state index in [2.05, 4.69) is 0 Å². The molecular formula is C8H14O. The summed E-state index contributed by atoms with van der Waals surface area (Å²) in [7, 11) is 0. The summed E-state index contributed by atoms with van der Waals surface area (Å²) >= 11 is 0. The van der Waals surface area contributed by atoms with Gasteiger partial charge in [-0.05, 0) is 12.3 Å². The Bertz CT molecular complexity index is 90.7. The molecule has 1 heteroatoms. The van der Waals surface area contributed by atoms with E-state index >= 15 is 0 Å². The van der Waals surface area contributed by atoms with E-state index < -0.39 is 0 Å². The van der Waals surface area contributed by atoms with Crippen LogP contribution in [0.4, 0.5) is 0 Å². The van der Waals surface area contributed by atoms with Crippen LogP contribution in [0.2, 0.25) is 0 Å². The van der Waals surface area contributed by atoms with E-state index in [4.69, 9.17) is 4.74 Å². The van der Waals surface area contributed by atoms with Crippen molar-refractivity contribution in [3.63, 3.8) is 0 Å². The third-order valence-electron chi connectivity index (χ3n) is 2.47. The van der Waals surface area contributed by atoms with Crippen LogP contribution in [0, 0.1) is 5.92 Å². The summed E-state index contributed by atoms with van der Waals surface area (Å²) in [6.45, 7) is 1.05. The number of rotatable bonds is 2. The number of epoxide rings is 1. The summed E-state index contributed by atoms with van der Waals surface area (Å²) in [6, 6.07) is 0. The van der Waals surface area contributed by atoms with Crippen LogP contribution in [0.25, 0.3) is 0 Å². The first-order valence-electron chi connectivity index (χ1n) is 4.07. The maximum absolute atomic E-state index is 5.17. The first-order valence-corrected chi connectivity index (χ1v) is 4.07. The molecule has 0 radical (unpaired) electrons. The molecule has 0 amide bonds.